The number of rotatable bonds is 7. The Morgan fingerprint density at radius 3 is 2.60 bits per heavy atom. The first kappa shape index (κ1) is 18.1. The highest BCUT2D eigenvalue weighted by molar-refractivity contribution is 8.02. The minimum Gasteiger partial charge on any atom is -0.467 e. The lowest BCUT2D eigenvalue weighted by molar-refractivity contribution is -0.129. The number of amides is 1. The molecular formula is C18H21NO4S2. The molecule has 2 heterocycles. The van der Waals surface area contributed by atoms with E-state index in [2.05, 4.69) is 0 Å². The normalized spacial score (nSPS) is 19.0. The van der Waals surface area contributed by atoms with E-state index in [1.54, 1.807) is 17.2 Å². The lowest BCUT2D eigenvalue weighted by Gasteiger charge is -2.22. The summed E-state index contributed by atoms with van der Waals surface area (Å²) in [5, 5.41) is 0.0242. The van der Waals surface area contributed by atoms with Crippen molar-refractivity contribution in [3.63, 3.8) is 0 Å². The van der Waals surface area contributed by atoms with Crippen LogP contribution in [0.4, 0.5) is 0 Å². The molecular weight excluding hydrogens is 358 g/mol. The van der Waals surface area contributed by atoms with Crippen LogP contribution in [0.3, 0.4) is 0 Å². The third kappa shape index (κ3) is 5.37. The van der Waals surface area contributed by atoms with Gasteiger partial charge in [-0.3, -0.25) is 4.79 Å². The maximum atomic E-state index is 12.7. The van der Waals surface area contributed by atoms with Gasteiger partial charge in [-0.2, -0.15) is 0 Å². The molecule has 25 heavy (non-hydrogen) atoms. The Hall–Kier alpha value is -1.73. The highest BCUT2D eigenvalue weighted by atomic mass is 32.2. The summed E-state index contributed by atoms with van der Waals surface area (Å²) in [6.07, 6.45) is 2.23. The number of nitrogens with zero attached hydrogens (tertiary/aromatic N) is 1. The van der Waals surface area contributed by atoms with Crippen LogP contribution in [0.1, 0.15) is 17.7 Å². The molecule has 1 amide bonds. The van der Waals surface area contributed by atoms with E-state index in [1.807, 2.05) is 36.4 Å². The van der Waals surface area contributed by atoms with Crippen molar-refractivity contribution in [1.82, 2.24) is 4.90 Å². The van der Waals surface area contributed by atoms with E-state index < -0.39 is 9.84 Å². The van der Waals surface area contributed by atoms with E-state index in [9.17, 15) is 13.2 Å². The maximum Gasteiger partial charge on any atom is 0.233 e. The van der Waals surface area contributed by atoms with E-state index in [0.29, 0.717) is 19.5 Å². The van der Waals surface area contributed by atoms with Crippen molar-refractivity contribution < 1.29 is 17.6 Å². The SMILES string of the molecule is O=C(CSC1CCS(=O)(=O)C1)N(Cc1ccccc1)Cc1ccco1. The number of hydrogen-bond donors (Lipinski definition) is 0. The number of furan rings is 1. The summed E-state index contributed by atoms with van der Waals surface area (Å²) < 4.78 is 28.5. The molecule has 1 fully saturated rings. The quantitative estimate of drug-likeness (QED) is 0.740. The largest absolute Gasteiger partial charge is 0.467 e. The Bertz CT molecular complexity index is 788. The van der Waals surface area contributed by atoms with Gasteiger partial charge in [-0.15, -0.1) is 11.8 Å². The van der Waals surface area contributed by atoms with Gasteiger partial charge in [0.15, 0.2) is 9.84 Å². The summed E-state index contributed by atoms with van der Waals surface area (Å²) >= 11 is 1.44. The molecule has 1 atom stereocenters. The van der Waals surface area contributed by atoms with Crippen LogP contribution in [0.5, 0.6) is 0 Å². The van der Waals surface area contributed by atoms with Crippen molar-refractivity contribution in [1.29, 1.82) is 0 Å². The van der Waals surface area contributed by atoms with E-state index in [-0.39, 0.29) is 28.4 Å². The van der Waals surface area contributed by atoms with Gasteiger partial charge in [0.05, 0.1) is 30.1 Å². The Morgan fingerprint density at radius 1 is 1.16 bits per heavy atom. The zero-order chi connectivity index (χ0) is 17.7. The topological polar surface area (TPSA) is 67.6 Å². The first-order chi connectivity index (χ1) is 12.0. The standard InChI is InChI=1S/C18H21NO4S2/c20-18(13-24-17-8-10-25(21,22)14-17)19(12-16-7-4-9-23-16)11-15-5-2-1-3-6-15/h1-7,9,17H,8,10-14H2. The number of sulfone groups is 1. The van der Waals surface area contributed by atoms with Gasteiger partial charge in [0.1, 0.15) is 5.76 Å². The zero-order valence-corrected chi connectivity index (χ0v) is 15.5. The van der Waals surface area contributed by atoms with Crippen LogP contribution in [0.25, 0.3) is 0 Å². The third-order valence-corrected chi connectivity index (χ3v) is 7.40. The average molecular weight is 380 g/mol. The molecule has 134 valence electrons. The first-order valence-corrected chi connectivity index (χ1v) is 11.0. The van der Waals surface area contributed by atoms with Crippen LogP contribution in [0.15, 0.2) is 53.1 Å². The molecule has 1 unspecified atom stereocenters. The van der Waals surface area contributed by atoms with Crippen LogP contribution < -0.4 is 0 Å². The summed E-state index contributed by atoms with van der Waals surface area (Å²) in [5.74, 6) is 1.43. The van der Waals surface area contributed by atoms with Gasteiger partial charge in [-0.1, -0.05) is 30.3 Å². The lowest BCUT2D eigenvalue weighted by Crippen LogP contribution is -2.32. The molecule has 0 aliphatic carbocycles. The first-order valence-electron chi connectivity index (χ1n) is 8.18. The van der Waals surface area contributed by atoms with E-state index in [4.69, 9.17) is 4.42 Å². The van der Waals surface area contributed by atoms with Crippen LogP contribution in [0.2, 0.25) is 0 Å². The average Bonchev–Trinajstić information content (AvgIpc) is 3.22. The fraction of sp³-hybridized carbons (Fsp3) is 0.389. The van der Waals surface area contributed by atoms with Crippen molar-refractivity contribution >= 4 is 27.5 Å². The van der Waals surface area contributed by atoms with E-state index >= 15 is 0 Å². The molecule has 0 bridgehead atoms. The molecule has 3 rings (SSSR count). The number of hydrogen-bond acceptors (Lipinski definition) is 5. The molecule has 1 aliphatic heterocycles. The van der Waals surface area contributed by atoms with Crippen molar-refractivity contribution in [3.8, 4) is 0 Å². The summed E-state index contributed by atoms with van der Waals surface area (Å²) in [6, 6.07) is 13.5. The lowest BCUT2D eigenvalue weighted by atomic mass is 10.2. The van der Waals surface area contributed by atoms with Crippen LogP contribution in [0, 0.1) is 0 Å². The highest BCUT2D eigenvalue weighted by Gasteiger charge is 2.29. The second-order valence-electron chi connectivity index (χ2n) is 6.15. The molecule has 1 aromatic heterocycles. The molecule has 2 aromatic rings. The second kappa shape index (κ2) is 8.10. The van der Waals surface area contributed by atoms with Gasteiger partial charge in [0.2, 0.25) is 5.91 Å². The van der Waals surface area contributed by atoms with Gasteiger partial charge >= 0.3 is 0 Å². The smallest absolute Gasteiger partial charge is 0.233 e. The predicted molar refractivity (Wildman–Crippen MR) is 98.9 cm³/mol. The van der Waals surface area contributed by atoms with Gasteiger partial charge in [0, 0.05) is 11.8 Å². The minimum absolute atomic E-state index is 0.00505. The summed E-state index contributed by atoms with van der Waals surface area (Å²) in [5.41, 5.74) is 1.05. The second-order valence-corrected chi connectivity index (χ2v) is 9.67. The van der Waals surface area contributed by atoms with Gasteiger partial charge < -0.3 is 9.32 Å². The molecule has 0 radical (unpaired) electrons. The Labute approximate surface area is 152 Å². The molecule has 0 spiro atoms. The molecule has 5 nitrogen and oxygen atoms in total. The number of benzene rings is 1. The van der Waals surface area contributed by atoms with E-state index in [0.717, 1.165) is 11.3 Å². The molecule has 0 saturated carbocycles. The maximum absolute atomic E-state index is 12.7. The molecule has 0 N–H and O–H groups in total. The van der Waals surface area contributed by atoms with Gasteiger partial charge in [-0.05, 0) is 24.1 Å². The van der Waals surface area contributed by atoms with Gasteiger partial charge in [0.25, 0.3) is 0 Å². The van der Waals surface area contributed by atoms with Gasteiger partial charge in [-0.25, -0.2) is 8.42 Å². The number of carbonyl (C=O) groups is 1. The Kier molecular flexibility index (Phi) is 5.86. The fourth-order valence-electron chi connectivity index (χ4n) is 2.80. The van der Waals surface area contributed by atoms with Crippen LogP contribution in [-0.2, 0) is 27.7 Å². The molecule has 7 heteroatoms. The highest BCUT2D eigenvalue weighted by Crippen LogP contribution is 2.25. The van der Waals surface area contributed by atoms with Crippen LogP contribution in [-0.4, -0.2) is 41.7 Å². The van der Waals surface area contributed by atoms with Crippen molar-refractivity contribution in [2.45, 2.75) is 24.8 Å². The Morgan fingerprint density at radius 2 is 1.96 bits per heavy atom. The third-order valence-electron chi connectivity index (χ3n) is 4.13. The van der Waals surface area contributed by atoms with E-state index in [1.165, 1.54) is 11.8 Å². The molecule has 1 aromatic carbocycles. The number of thioether (sulfide) groups is 1. The predicted octanol–water partition coefficient (Wildman–Crippen LogP) is 2.73. The van der Waals surface area contributed by atoms with Crippen molar-refractivity contribution in [2.75, 3.05) is 17.3 Å². The summed E-state index contributed by atoms with van der Waals surface area (Å²) in [7, 11) is -2.91. The minimum atomic E-state index is -2.91. The van der Waals surface area contributed by atoms with Crippen molar-refractivity contribution in [2.24, 2.45) is 0 Å². The van der Waals surface area contributed by atoms with Crippen LogP contribution >= 0.6 is 11.8 Å². The monoisotopic (exact) mass is 379 g/mol. The van der Waals surface area contributed by atoms with Crippen molar-refractivity contribution in [3.05, 3.63) is 60.1 Å². The molecule has 1 aliphatic rings. The fourth-order valence-corrected chi connectivity index (χ4v) is 6.34. The molecule has 1 saturated heterocycles. The number of carbonyl (C=O) groups excluding carboxylic acids is 1. The zero-order valence-electron chi connectivity index (χ0n) is 13.8. The summed E-state index contributed by atoms with van der Waals surface area (Å²) in [4.78, 5) is 14.5. The Balaban J connectivity index is 1.62. The summed E-state index contributed by atoms with van der Waals surface area (Å²) in [6.45, 7) is 0.911.